The van der Waals surface area contributed by atoms with E-state index in [-0.39, 0.29) is 16.8 Å². The first-order chi connectivity index (χ1) is 12.9. The standard InChI is InChI=1S/C17H18ClN9/c1-26-6-4-10-13(26)7-9(12-3-5-22-27(12)2)11(23-10)8-21-16-14(18)15(19)24-17(20)25-16/h3-7H,8H2,1-2H3,(H5,19,20,21,24,25). The maximum Gasteiger partial charge on any atom is 0.224 e. The molecule has 0 aliphatic rings. The third-order valence-corrected chi connectivity index (χ3v) is 4.73. The predicted molar refractivity (Wildman–Crippen MR) is 106 cm³/mol. The molecule has 0 radical (unpaired) electrons. The largest absolute Gasteiger partial charge is 0.382 e. The Morgan fingerprint density at radius 1 is 1.15 bits per heavy atom. The van der Waals surface area contributed by atoms with Crippen LogP contribution in [-0.2, 0) is 20.6 Å². The van der Waals surface area contributed by atoms with E-state index in [1.54, 1.807) is 6.20 Å². The average molecular weight is 384 g/mol. The van der Waals surface area contributed by atoms with Gasteiger partial charge in [-0.15, -0.1) is 0 Å². The molecule has 0 saturated carbocycles. The molecule has 0 unspecified atom stereocenters. The Balaban J connectivity index is 1.78. The van der Waals surface area contributed by atoms with Crippen LogP contribution in [0.4, 0.5) is 17.6 Å². The molecular weight excluding hydrogens is 366 g/mol. The molecule has 27 heavy (non-hydrogen) atoms. The predicted octanol–water partition coefficient (Wildman–Crippen LogP) is 2.19. The summed E-state index contributed by atoms with van der Waals surface area (Å²) in [4.78, 5) is 12.8. The number of hydrogen-bond acceptors (Lipinski definition) is 7. The van der Waals surface area contributed by atoms with Crippen molar-refractivity contribution in [1.82, 2.24) is 29.3 Å². The minimum absolute atomic E-state index is 0.0535. The number of rotatable bonds is 4. The molecule has 0 saturated heterocycles. The van der Waals surface area contributed by atoms with Crippen molar-refractivity contribution in [1.29, 1.82) is 0 Å². The van der Waals surface area contributed by atoms with Gasteiger partial charge in [-0.1, -0.05) is 11.6 Å². The second kappa shape index (κ2) is 6.44. The molecule has 10 heteroatoms. The Morgan fingerprint density at radius 3 is 2.70 bits per heavy atom. The normalized spacial score (nSPS) is 11.2. The van der Waals surface area contributed by atoms with Crippen LogP contribution < -0.4 is 16.8 Å². The van der Waals surface area contributed by atoms with Crippen LogP contribution in [0.2, 0.25) is 5.02 Å². The van der Waals surface area contributed by atoms with Crippen molar-refractivity contribution in [2.45, 2.75) is 6.54 Å². The van der Waals surface area contributed by atoms with E-state index in [0.717, 1.165) is 28.0 Å². The molecule has 0 aliphatic heterocycles. The molecule has 0 atom stereocenters. The molecule has 0 aromatic carbocycles. The number of nitrogens with zero attached hydrogens (tertiary/aromatic N) is 6. The molecule has 5 N–H and O–H groups in total. The highest BCUT2D eigenvalue weighted by Gasteiger charge is 2.15. The van der Waals surface area contributed by atoms with Crippen molar-refractivity contribution in [2.75, 3.05) is 16.8 Å². The zero-order chi connectivity index (χ0) is 19.1. The summed E-state index contributed by atoms with van der Waals surface area (Å²) in [7, 11) is 3.88. The molecule has 0 aliphatic carbocycles. The molecular formula is C17H18ClN9. The van der Waals surface area contributed by atoms with Gasteiger partial charge in [0, 0.05) is 32.1 Å². The summed E-state index contributed by atoms with van der Waals surface area (Å²) in [6.07, 6.45) is 3.73. The van der Waals surface area contributed by atoms with Gasteiger partial charge in [0.1, 0.15) is 10.8 Å². The smallest absolute Gasteiger partial charge is 0.224 e. The number of anilines is 3. The Kier molecular flexibility index (Phi) is 4.08. The highest BCUT2D eigenvalue weighted by atomic mass is 35.5. The van der Waals surface area contributed by atoms with Crippen LogP contribution in [0.5, 0.6) is 0 Å². The summed E-state index contributed by atoms with van der Waals surface area (Å²) >= 11 is 6.19. The summed E-state index contributed by atoms with van der Waals surface area (Å²) in [5.41, 5.74) is 16.1. The van der Waals surface area contributed by atoms with Gasteiger partial charge in [0.15, 0.2) is 5.82 Å². The lowest BCUT2D eigenvalue weighted by atomic mass is 10.1. The van der Waals surface area contributed by atoms with E-state index in [2.05, 4.69) is 26.4 Å². The van der Waals surface area contributed by atoms with E-state index in [1.807, 2.05) is 41.7 Å². The SMILES string of the molecule is Cn1nccc1-c1cc2c(ccn2C)nc1CNc1nc(N)nc(N)c1Cl. The van der Waals surface area contributed by atoms with Crippen LogP contribution in [0.25, 0.3) is 22.3 Å². The zero-order valence-corrected chi connectivity index (χ0v) is 15.6. The van der Waals surface area contributed by atoms with E-state index in [1.165, 1.54) is 0 Å². The van der Waals surface area contributed by atoms with E-state index in [4.69, 9.17) is 28.1 Å². The van der Waals surface area contributed by atoms with Crippen LogP contribution in [0.3, 0.4) is 0 Å². The Hall–Kier alpha value is -3.33. The number of fused-ring (bicyclic) bond motifs is 1. The highest BCUT2D eigenvalue weighted by molar-refractivity contribution is 6.35. The summed E-state index contributed by atoms with van der Waals surface area (Å²) in [6.45, 7) is 0.376. The van der Waals surface area contributed by atoms with Crippen molar-refractivity contribution < 1.29 is 0 Å². The topological polar surface area (TPSA) is 125 Å². The molecule has 0 bridgehead atoms. The first kappa shape index (κ1) is 17.1. The van der Waals surface area contributed by atoms with Gasteiger partial charge in [0.25, 0.3) is 0 Å². The third kappa shape index (κ3) is 3.02. The molecule has 4 heterocycles. The van der Waals surface area contributed by atoms with Gasteiger partial charge in [-0.2, -0.15) is 15.1 Å². The lowest BCUT2D eigenvalue weighted by Crippen LogP contribution is -2.10. The lowest BCUT2D eigenvalue weighted by molar-refractivity contribution is 0.774. The Bertz CT molecular complexity index is 1140. The first-order valence-electron chi connectivity index (χ1n) is 8.19. The van der Waals surface area contributed by atoms with Crippen molar-refractivity contribution in [3.05, 3.63) is 41.3 Å². The van der Waals surface area contributed by atoms with Crippen molar-refractivity contribution >= 4 is 40.2 Å². The lowest BCUT2D eigenvalue weighted by Gasteiger charge is -2.13. The fraction of sp³-hybridized carbons (Fsp3) is 0.176. The van der Waals surface area contributed by atoms with Gasteiger partial charge in [0.2, 0.25) is 5.95 Å². The second-order valence-corrected chi connectivity index (χ2v) is 6.51. The van der Waals surface area contributed by atoms with Crippen LogP contribution in [0.15, 0.2) is 30.6 Å². The van der Waals surface area contributed by atoms with Crippen LogP contribution in [0, 0.1) is 0 Å². The summed E-state index contributed by atoms with van der Waals surface area (Å²) in [5.74, 6) is 0.551. The second-order valence-electron chi connectivity index (χ2n) is 6.14. The number of hydrogen-bond donors (Lipinski definition) is 3. The summed E-state index contributed by atoms with van der Waals surface area (Å²) in [5, 5.41) is 7.66. The van der Waals surface area contributed by atoms with Crippen LogP contribution in [0.1, 0.15) is 5.69 Å². The van der Waals surface area contributed by atoms with Gasteiger partial charge in [0.05, 0.1) is 29.0 Å². The molecule has 4 rings (SSSR count). The molecule has 0 spiro atoms. The third-order valence-electron chi connectivity index (χ3n) is 4.36. The average Bonchev–Trinajstić information content (AvgIpc) is 3.21. The molecule has 0 fully saturated rings. The van der Waals surface area contributed by atoms with Gasteiger partial charge in [-0.3, -0.25) is 4.68 Å². The number of aromatic nitrogens is 6. The van der Waals surface area contributed by atoms with E-state index < -0.39 is 0 Å². The number of nitrogens with one attached hydrogen (secondary N) is 1. The maximum absolute atomic E-state index is 6.19. The minimum Gasteiger partial charge on any atom is -0.382 e. The minimum atomic E-state index is 0.0535. The molecule has 138 valence electrons. The zero-order valence-electron chi connectivity index (χ0n) is 14.8. The monoisotopic (exact) mass is 383 g/mol. The number of halogens is 1. The van der Waals surface area contributed by atoms with E-state index >= 15 is 0 Å². The fourth-order valence-corrected chi connectivity index (χ4v) is 3.14. The van der Waals surface area contributed by atoms with Gasteiger partial charge in [-0.05, 0) is 18.2 Å². The molecule has 0 amide bonds. The van der Waals surface area contributed by atoms with Gasteiger partial charge < -0.3 is 21.4 Å². The quantitative estimate of drug-likeness (QED) is 0.493. The highest BCUT2D eigenvalue weighted by Crippen LogP contribution is 2.29. The van der Waals surface area contributed by atoms with Crippen molar-refractivity contribution in [2.24, 2.45) is 14.1 Å². The van der Waals surface area contributed by atoms with E-state index in [9.17, 15) is 0 Å². The maximum atomic E-state index is 6.19. The fourth-order valence-electron chi connectivity index (χ4n) is 2.99. The number of pyridine rings is 1. The van der Waals surface area contributed by atoms with Crippen molar-refractivity contribution in [3.63, 3.8) is 0 Å². The van der Waals surface area contributed by atoms with Crippen molar-refractivity contribution in [3.8, 4) is 11.3 Å². The number of nitrogen functional groups attached to an aromatic ring is 2. The van der Waals surface area contributed by atoms with Crippen LogP contribution >= 0.6 is 11.6 Å². The number of aryl methyl sites for hydroxylation is 2. The van der Waals surface area contributed by atoms with Gasteiger partial charge >= 0.3 is 0 Å². The first-order valence-corrected chi connectivity index (χ1v) is 8.57. The number of nitrogens with two attached hydrogens (primary N) is 2. The molecule has 4 aromatic heterocycles. The molecule has 4 aromatic rings. The summed E-state index contributed by atoms with van der Waals surface area (Å²) in [6, 6.07) is 6.02. The summed E-state index contributed by atoms with van der Waals surface area (Å²) < 4.78 is 3.84. The Morgan fingerprint density at radius 2 is 1.96 bits per heavy atom. The van der Waals surface area contributed by atoms with Crippen LogP contribution in [-0.4, -0.2) is 29.3 Å². The Labute approximate surface area is 160 Å². The van der Waals surface area contributed by atoms with Gasteiger partial charge in [-0.25, -0.2) is 4.98 Å². The molecule has 9 nitrogen and oxygen atoms in total. The van der Waals surface area contributed by atoms with E-state index in [0.29, 0.717) is 12.4 Å².